The van der Waals surface area contributed by atoms with Crippen LogP contribution in [0.2, 0.25) is 0 Å². The molecule has 2 rings (SSSR count). The maximum Gasteiger partial charge on any atom is 0.0498 e. The van der Waals surface area contributed by atoms with E-state index in [1.807, 2.05) is 12.1 Å². The number of thiophene rings is 1. The Kier molecular flexibility index (Phi) is 5.52. The van der Waals surface area contributed by atoms with Crippen molar-refractivity contribution in [3.05, 3.63) is 52.2 Å². The van der Waals surface area contributed by atoms with Crippen molar-refractivity contribution in [3.8, 4) is 0 Å². The smallest absolute Gasteiger partial charge is 0.0498 e. The molecular weight excluding hydrogens is 286 g/mol. The topological polar surface area (TPSA) is 20.3 Å². The lowest BCUT2D eigenvalue weighted by Crippen LogP contribution is -2.30. The minimum absolute atomic E-state index is 0.504. The molecule has 0 radical (unpaired) electrons. The van der Waals surface area contributed by atoms with Crippen LogP contribution in [0.5, 0.6) is 0 Å². The highest BCUT2D eigenvalue weighted by Crippen LogP contribution is 2.14. The van der Waals surface area contributed by atoms with E-state index >= 15 is 0 Å². The standard InChI is InChI=1S/C16H21NOS2/c1-13(10-15-8-9-19-12-15)17(2)11-14-4-6-16(7-5-14)20(3)18/h4-9,12-13H,10-11H2,1-3H3/t13-,20+/m1/s1. The molecule has 0 fully saturated rings. The van der Waals surface area contributed by atoms with Crippen molar-refractivity contribution >= 4 is 22.1 Å². The average Bonchev–Trinajstić information content (AvgIpc) is 2.92. The van der Waals surface area contributed by atoms with Gasteiger partial charge in [-0.1, -0.05) is 12.1 Å². The lowest BCUT2D eigenvalue weighted by Gasteiger charge is -2.24. The molecule has 4 heteroatoms. The Morgan fingerprint density at radius 1 is 1.20 bits per heavy atom. The average molecular weight is 307 g/mol. The van der Waals surface area contributed by atoms with Gasteiger partial charge in [0.15, 0.2) is 0 Å². The normalized spacial score (nSPS) is 14.4. The lowest BCUT2D eigenvalue weighted by molar-refractivity contribution is 0.248. The molecule has 0 saturated heterocycles. The van der Waals surface area contributed by atoms with Gasteiger partial charge in [-0.15, -0.1) is 0 Å². The maximum absolute atomic E-state index is 11.4. The molecule has 108 valence electrons. The van der Waals surface area contributed by atoms with Crippen LogP contribution in [0.15, 0.2) is 46.0 Å². The van der Waals surface area contributed by atoms with E-state index in [1.54, 1.807) is 17.6 Å². The van der Waals surface area contributed by atoms with E-state index in [2.05, 4.69) is 47.8 Å². The largest absolute Gasteiger partial charge is 0.299 e. The summed E-state index contributed by atoms with van der Waals surface area (Å²) in [6.45, 7) is 3.18. The third-order valence-corrected chi connectivity index (χ3v) is 5.22. The Morgan fingerprint density at radius 3 is 2.45 bits per heavy atom. The van der Waals surface area contributed by atoms with E-state index in [0.717, 1.165) is 17.9 Å². The van der Waals surface area contributed by atoms with Crippen LogP contribution in [-0.4, -0.2) is 28.5 Å². The number of rotatable bonds is 6. The Balaban J connectivity index is 1.93. The Labute approximate surface area is 127 Å². The second-order valence-electron chi connectivity index (χ2n) is 5.20. The molecule has 0 amide bonds. The fourth-order valence-corrected chi connectivity index (χ4v) is 3.34. The van der Waals surface area contributed by atoms with Gasteiger partial charge in [-0.3, -0.25) is 9.11 Å². The van der Waals surface area contributed by atoms with Crippen molar-refractivity contribution in [2.45, 2.75) is 30.8 Å². The van der Waals surface area contributed by atoms with E-state index in [4.69, 9.17) is 0 Å². The first-order valence-corrected chi connectivity index (χ1v) is 9.20. The van der Waals surface area contributed by atoms with E-state index in [-0.39, 0.29) is 0 Å². The van der Waals surface area contributed by atoms with Gasteiger partial charge in [-0.05, 0) is 60.5 Å². The summed E-state index contributed by atoms with van der Waals surface area (Å²) in [6, 6.07) is 10.8. The summed E-state index contributed by atoms with van der Waals surface area (Å²) in [5.74, 6) is 0. The summed E-state index contributed by atoms with van der Waals surface area (Å²) in [6.07, 6.45) is 2.79. The Bertz CT molecular complexity index is 548. The summed E-state index contributed by atoms with van der Waals surface area (Å²) >= 11 is 1.75. The van der Waals surface area contributed by atoms with Crippen molar-refractivity contribution in [2.24, 2.45) is 0 Å². The van der Waals surface area contributed by atoms with Crippen molar-refractivity contribution < 1.29 is 4.21 Å². The van der Waals surface area contributed by atoms with Crippen LogP contribution in [0.25, 0.3) is 0 Å². The Morgan fingerprint density at radius 2 is 1.90 bits per heavy atom. The molecule has 2 atom stereocenters. The predicted molar refractivity (Wildman–Crippen MR) is 87.7 cm³/mol. The van der Waals surface area contributed by atoms with Gasteiger partial charge >= 0.3 is 0 Å². The highest BCUT2D eigenvalue weighted by atomic mass is 32.2. The van der Waals surface area contributed by atoms with Crippen LogP contribution < -0.4 is 0 Å². The minimum Gasteiger partial charge on any atom is -0.299 e. The molecule has 0 saturated carbocycles. The molecule has 0 aliphatic carbocycles. The van der Waals surface area contributed by atoms with E-state index in [1.165, 1.54) is 11.1 Å². The summed E-state index contributed by atoms with van der Waals surface area (Å²) in [5, 5.41) is 4.35. The van der Waals surface area contributed by atoms with Crippen LogP contribution in [0, 0.1) is 0 Å². The number of benzene rings is 1. The van der Waals surface area contributed by atoms with Gasteiger partial charge in [0.1, 0.15) is 0 Å². The monoisotopic (exact) mass is 307 g/mol. The quantitative estimate of drug-likeness (QED) is 0.813. The van der Waals surface area contributed by atoms with Crippen LogP contribution in [-0.2, 0) is 23.8 Å². The Hall–Kier alpha value is -0.970. The lowest BCUT2D eigenvalue weighted by atomic mass is 10.1. The molecule has 0 bridgehead atoms. The van der Waals surface area contributed by atoms with Gasteiger partial charge < -0.3 is 0 Å². The first-order valence-electron chi connectivity index (χ1n) is 6.70. The van der Waals surface area contributed by atoms with Gasteiger partial charge in [-0.25, -0.2) is 0 Å². The molecule has 0 spiro atoms. The molecule has 0 aliphatic heterocycles. The fourth-order valence-electron chi connectivity index (χ4n) is 2.14. The van der Waals surface area contributed by atoms with Crippen LogP contribution in [0.4, 0.5) is 0 Å². The SMILES string of the molecule is C[C@H](Cc1ccsc1)N(C)Cc1ccc([S@](C)=O)cc1. The third-order valence-electron chi connectivity index (χ3n) is 3.55. The molecule has 1 aromatic heterocycles. The van der Waals surface area contributed by atoms with E-state index < -0.39 is 10.8 Å². The second-order valence-corrected chi connectivity index (χ2v) is 7.36. The van der Waals surface area contributed by atoms with E-state index in [9.17, 15) is 4.21 Å². The van der Waals surface area contributed by atoms with Crippen molar-refractivity contribution in [3.63, 3.8) is 0 Å². The van der Waals surface area contributed by atoms with Crippen molar-refractivity contribution in [2.75, 3.05) is 13.3 Å². The highest BCUT2D eigenvalue weighted by molar-refractivity contribution is 7.84. The number of hydrogen-bond donors (Lipinski definition) is 0. The molecule has 0 unspecified atom stereocenters. The predicted octanol–water partition coefficient (Wildman–Crippen LogP) is 3.55. The molecule has 1 aromatic carbocycles. The third kappa shape index (κ3) is 4.27. The summed E-state index contributed by atoms with van der Waals surface area (Å²) < 4.78 is 11.4. The zero-order valence-electron chi connectivity index (χ0n) is 12.2. The van der Waals surface area contributed by atoms with Gasteiger partial charge in [0.05, 0.1) is 0 Å². The van der Waals surface area contributed by atoms with Gasteiger partial charge in [0, 0.05) is 34.5 Å². The minimum atomic E-state index is -0.893. The van der Waals surface area contributed by atoms with Crippen LogP contribution >= 0.6 is 11.3 Å². The van der Waals surface area contributed by atoms with Crippen molar-refractivity contribution in [1.29, 1.82) is 0 Å². The van der Waals surface area contributed by atoms with Crippen molar-refractivity contribution in [1.82, 2.24) is 4.90 Å². The zero-order valence-corrected chi connectivity index (χ0v) is 13.8. The molecule has 20 heavy (non-hydrogen) atoms. The number of hydrogen-bond acceptors (Lipinski definition) is 3. The summed E-state index contributed by atoms with van der Waals surface area (Å²) in [7, 11) is 1.26. The van der Waals surface area contributed by atoms with Crippen LogP contribution in [0.3, 0.4) is 0 Å². The molecule has 0 aliphatic rings. The summed E-state index contributed by atoms with van der Waals surface area (Å²) in [5.41, 5.74) is 2.67. The maximum atomic E-state index is 11.4. The highest BCUT2D eigenvalue weighted by Gasteiger charge is 2.11. The van der Waals surface area contributed by atoms with Gasteiger partial charge in [0.2, 0.25) is 0 Å². The molecular formula is C16H21NOS2. The zero-order chi connectivity index (χ0) is 14.5. The molecule has 2 nitrogen and oxygen atoms in total. The molecule has 1 heterocycles. The number of likely N-dealkylation sites (N-methyl/N-ethyl adjacent to an activating group) is 1. The van der Waals surface area contributed by atoms with Gasteiger partial charge in [-0.2, -0.15) is 11.3 Å². The second kappa shape index (κ2) is 7.16. The summed E-state index contributed by atoms with van der Waals surface area (Å²) in [4.78, 5) is 3.25. The fraction of sp³-hybridized carbons (Fsp3) is 0.375. The first-order chi connectivity index (χ1) is 9.56. The van der Waals surface area contributed by atoms with E-state index in [0.29, 0.717) is 6.04 Å². The van der Waals surface area contributed by atoms with Gasteiger partial charge in [0.25, 0.3) is 0 Å². The molecule has 2 aromatic rings. The number of nitrogens with zero attached hydrogens (tertiary/aromatic N) is 1. The van der Waals surface area contributed by atoms with Crippen LogP contribution in [0.1, 0.15) is 18.1 Å². The molecule has 0 N–H and O–H groups in total. The first kappa shape index (κ1) is 15.4.